The van der Waals surface area contributed by atoms with Gasteiger partial charge in [-0.25, -0.2) is 0 Å². The van der Waals surface area contributed by atoms with Crippen LogP contribution in [-0.4, -0.2) is 41.5 Å². The molecule has 0 aromatic carbocycles. The molecule has 1 saturated carbocycles. The van der Waals surface area contributed by atoms with Crippen LogP contribution in [-0.2, 0) is 4.79 Å². The lowest BCUT2D eigenvalue weighted by Crippen LogP contribution is -2.29. The van der Waals surface area contributed by atoms with Crippen LogP contribution in [0.3, 0.4) is 0 Å². The molecule has 2 aliphatic rings. The van der Waals surface area contributed by atoms with Crippen LogP contribution < -0.4 is 0 Å². The highest BCUT2D eigenvalue weighted by molar-refractivity contribution is 5.80. The average Bonchev–Trinajstić information content (AvgIpc) is 2.69. The molecule has 0 radical (unpaired) electrons. The highest BCUT2D eigenvalue weighted by Gasteiger charge is 2.41. The summed E-state index contributed by atoms with van der Waals surface area (Å²) in [6.07, 6.45) is 2.63. The molecule has 0 aromatic rings. The molecular weight excluding hydrogens is 178 g/mol. The number of hydrogen-bond acceptors (Lipinski definition) is 3. The molecule has 1 aliphatic heterocycles. The summed E-state index contributed by atoms with van der Waals surface area (Å²) in [5.41, 5.74) is 0. The summed E-state index contributed by atoms with van der Waals surface area (Å²) >= 11 is 0. The molecule has 0 amide bonds. The van der Waals surface area contributed by atoms with Gasteiger partial charge in [-0.3, -0.25) is 9.69 Å². The van der Waals surface area contributed by atoms with Crippen LogP contribution in [0.5, 0.6) is 0 Å². The minimum Gasteiger partial charge on any atom is -0.393 e. The fraction of sp³-hybridized carbons (Fsp3) is 0.909. The van der Waals surface area contributed by atoms with Crippen LogP contribution in [0.15, 0.2) is 0 Å². The minimum atomic E-state index is -0.110. The van der Waals surface area contributed by atoms with E-state index >= 15 is 0 Å². The zero-order valence-electron chi connectivity index (χ0n) is 8.78. The average molecular weight is 197 g/mol. The van der Waals surface area contributed by atoms with Crippen molar-refractivity contribution >= 4 is 5.78 Å². The van der Waals surface area contributed by atoms with Gasteiger partial charge in [-0.2, -0.15) is 0 Å². The van der Waals surface area contributed by atoms with E-state index in [9.17, 15) is 9.90 Å². The second-order valence-corrected chi connectivity index (χ2v) is 4.65. The van der Waals surface area contributed by atoms with Gasteiger partial charge < -0.3 is 5.11 Å². The molecule has 1 heterocycles. The van der Waals surface area contributed by atoms with E-state index in [1.165, 1.54) is 0 Å². The van der Waals surface area contributed by atoms with E-state index in [-0.39, 0.29) is 6.10 Å². The highest BCUT2D eigenvalue weighted by Crippen LogP contribution is 2.37. The summed E-state index contributed by atoms with van der Waals surface area (Å²) in [5.74, 6) is 1.41. The third-order valence-electron chi connectivity index (χ3n) is 3.69. The van der Waals surface area contributed by atoms with E-state index in [0.717, 1.165) is 25.9 Å². The first-order valence-corrected chi connectivity index (χ1v) is 5.62. The van der Waals surface area contributed by atoms with E-state index < -0.39 is 0 Å². The molecule has 14 heavy (non-hydrogen) atoms. The quantitative estimate of drug-likeness (QED) is 0.723. The van der Waals surface area contributed by atoms with Gasteiger partial charge in [-0.05, 0) is 18.8 Å². The third kappa shape index (κ3) is 1.84. The topological polar surface area (TPSA) is 40.5 Å². The number of carbonyl (C=O) groups is 1. The van der Waals surface area contributed by atoms with Crippen molar-refractivity contribution in [2.75, 3.05) is 19.6 Å². The standard InChI is InChI=1S/C11H19NO2/c1-2-9(13)6-12-5-8-3-4-11(14)10(8)7-12/h8,10-11,14H,2-7H2,1H3. The van der Waals surface area contributed by atoms with E-state index in [1.54, 1.807) is 0 Å². The van der Waals surface area contributed by atoms with Crippen molar-refractivity contribution < 1.29 is 9.90 Å². The molecule has 1 saturated heterocycles. The molecule has 80 valence electrons. The number of rotatable bonds is 3. The lowest BCUT2D eigenvalue weighted by molar-refractivity contribution is -0.119. The largest absolute Gasteiger partial charge is 0.393 e. The molecule has 3 heteroatoms. The number of hydrogen-bond donors (Lipinski definition) is 1. The van der Waals surface area contributed by atoms with E-state index in [1.807, 2.05) is 6.92 Å². The first kappa shape index (κ1) is 10.1. The van der Waals surface area contributed by atoms with Crippen molar-refractivity contribution in [2.24, 2.45) is 11.8 Å². The number of nitrogens with zero attached hydrogens (tertiary/aromatic N) is 1. The summed E-state index contributed by atoms with van der Waals surface area (Å²) in [4.78, 5) is 13.5. The Morgan fingerprint density at radius 1 is 1.43 bits per heavy atom. The second kappa shape index (κ2) is 3.99. The molecule has 3 unspecified atom stereocenters. The van der Waals surface area contributed by atoms with Crippen LogP contribution in [0.4, 0.5) is 0 Å². The molecule has 0 aromatic heterocycles. The number of ketones is 1. The zero-order chi connectivity index (χ0) is 10.1. The first-order valence-electron chi connectivity index (χ1n) is 5.62. The fourth-order valence-corrected chi connectivity index (χ4v) is 2.82. The Kier molecular flexibility index (Phi) is 2.88. The Balaban J connectivity index is 1.86. The van der Waals surface area contributed by atoms with Crippen molar-refractivity contribution in [3.63, 3.8) is 0 Å². The van der Waals surface area contributed by atoms with Crippen LogP contribution in [0.1, 0.15) is 26.2 Å². The molecule has 3 atom stereocenters. The monoisotopic (exact) mass is 197 g/mol. The zero-order valence-corrected chi connectivity index (χ0v) is 8.78. The van der Waals surface area contributed by atoms with Gasteiger partial charge in [0, 0.05) is 25.4 Å². The predicted molar refractivity (Wildman–Crippen MR) is 54.0 cm³/mol. The maximum absolute atomic E-state index is 11.3. The third-order valence-corrected chi connectivity index (χ3v) is 3.69. The maximum Gasteiger partial charge on any atom is 0.146 e. The van der Waals surface area contributed by atoms with Crippen molar-refractivity contribution in [3.8, 4) is 0 Å². The summed E-state index contributed by atoms with van der Waals surface area (Å²) in [6.45, 7) is 4.45. The van der Waals surface area contributed by atoms with Gasteiger partial charge in [0.05, 0.1) is 12.6 Å². The van der Waals surface area contributed by atoms with Gasteiger partial charge in [-0.1, -0.05) is 6.92 Å². The SMILES string of the molecule is CCC(=O)CN1CC2CCC(O)C2C1. The van der Waals surface area contributed by atoms with Crippen LogP contribution in [0.2, 0.25) is 0 Å². The van der Waals surface area contributed by atoms with Gasteiger partial charge in [-0.15, -0.1) is 0 Å². The van der Waals surface area contributed by atoms with E-state index in [4.69, 9.17) is 0 Å². The van der Waals surface area contributed by atoms with Gasteiger partial charge in [0.15, 0.2) is 0 Å². The van der Waals surface area contributed by atoms with Crippen molar-refractivity contribution in [1.82, 2.24) is 4.90 Å². The van der Waals surface area contributed by atoms with Gasteiger partial charge >= 0.3 is 0 Å². The molecule has 1 N–H and O–H groups in total. The summed E-state index contributed by atoms with van der Waals surface area (Å²) in [6, 6.07) is 0. The predicted octanol–water partition coefficient (Wildman–Crippen LogP) is 0.668. The highest BCUT2D eigenvalue weighted by atomic mass is 16.3. The minimum absolute atomic E-state index is 0.110. The molecule has 3 nitrogen and oxygen atoms in total. The molecule has 1 aliphatic carbocycles. The van der Waals surface area contributed by atoms with Gasteiger partial charge in [0.2, 0.25) is 0 Å². The Morgan fingerprint density at radius 3 is 2.86 bits per heavy atom. The lowest BCUT2D eigenvalue weighted by Gasteiger charge is -2.16. The summed E-state index contributed by atoms with van der Waals surface area (Å²) in [7, 11) is 0. The fourth-order valence-electron chi connectivity index (χ4n) is 2.82. The van der Waals surface area contributed by atoms with Crippen molar-refractivity contribution in [2.45, 2.75) is 32.3 Å². The maximum atomic E-state index is 11.3. The van der Waals surface area contributed by atoms with E-state index in [0.29, 0.717) is 30.6 Å². The summed E-state index contributed by atoms with van der Waals surface area (Å²) < 4.78 is 0. The number of aliphatic hydroxyl groups is 1. The molecule has 0 spiro atoms. The Labute approximate surface area is 85.1 Å². The number of carbonyl (C=O) groups excluding carboxylic acids is 1. The van der Waals surface area contributed by atoms with Crippen molar-refractivity contribution in [3.05, 3.63) is 0 Å². The molecule has 0 bridgehead atoms. The smallest absolute Gasteiger partial charge is 0.146 e. The molecule has 2 rings (SSSR count). The Hall–Kier alpha value is -0.410. The van der Waals surface area contributed by atoms with Crippen molar-refractivity contribution in [1.29, 1.82) is 0 Å². The Bertz CT molecular complexity index is 229. The van der Waals surface area contributed by atoms with Gasteiger partial charge in [0.1, 0.15) is 5.78 Å². The Morgan fingerprint density at radius 2 is 2.21 bits per heavy atom. The first-order chi connectivity index (χ1) is 6.70. The van der Waals surface area contributed by atoms with Crippen LogP contribution in [0, 0.1) is 11.8 Å². The number of aliphatic hydroxyl groups excluding tert-OH is 1. The number of Topliss-reactive ketones (excluding diaryl/α,β-unsaturated/α-hetero) is 1. The normalized spacial score (nSPS) is 37.4. The number of likely N-dealkylation sites (tertiary alicyclic amines) is 1. The second-order valence-electron chi connectivity index (χ2n) is 4.65. The van der Waals surface area contributed by atoms with Crippen LogP contribution in [0.25, 0.3) is 0 Å². The summed E-state index contributed by atoms with van der Waals surface area (Å²) in [5, 5.41) is 9.70. The van der Waals surface area contributed by atoms with E-state index in [2.05, 4.69) is 4.90 Å². The molecule has 2 fully saturated rings. The van der Waals surface area contributed by atoms with Gasteiger partial charge in [0.25, 0.3) is 0 Å². The molecular formula is C11H19NO2. The van der Waals surface area contributed by atoms with Crippen LogP contribution >= 0.6 is 0 Å². The lowest BCUT2D eigenvalue weighted by atomic mass is 10.00. The number of fused-ring (bicyclic) bond motifs is 1.